The Kier molecular flexibility index (Phi) is 5.66. The Morgan fingerprint density at radius 1 is 1.50 bits per heavy atom. The van der Waals surface area contributed by atoms with Crippen molar-refractivity contribution in [3.05, 3.63) is 30.1 Å². The van der Waals surface area contributed by atoms with Crippen LogP contribution in [0.15, 0.2) is 24.5 Å². The summed E-state index contributed by atoms with van der Waals surface area (Å²) in [6.45, 7) is 11.5. The average molecular weight is 333 g/mol. The highest BCUT2D eigenvalue weighted by Gasteiger charge is 2.62. The third kappa shape index (κ3) is 3.33. The molecule has 1 heterocycles. The Morgan fingerprint density at radius 3 is 2.71 bits per heavy atom. The van der Waals surface area contributed by atoms with E-state index in [2.05, 4.69) is 30.2 Å². The van der Waals surface area contributed by atoms with Crippen molar-refractivity contribution in [2.24, 2.45) is 17.1 Å². The number of pyridine rings is 1. The maximum Gasteiger partial charge on any atom is 0.240 e. The Bertz CT molecular complexity index is 559. The standard InChI is InChI=1S/C19H31N3O2/c1-6-24-16-10-19(20,18(16,4)5)17(23)22-12-15(13(2)3)14-8-7-9-21-11-14/h7-9,11,13,15-16H,6,10,12,20H2,1-5H3,(H,22,23). The van der Waals surface area contributed by atoms with E-state index in [1.54, 1.807) is 6.20 Å². The number of nitrogens with two attached hydrogens (primary N) is 1. The van der Waals surface area contributed by atoms with Crippen LogP contribution in [0.2, 0.25) is 0 Å². The van der Waals surface area contributed by atoms with Crippen LogP contribution >= 0.6 is 0 Å². The summed E-state index contributed by atoms with van der Waals surface area (Å²) in [6.07, 6.45) is 4.24. The molecule has 0 spiro atoms. The predicted octanol–water partition coefficient (Wildman–Crippen LogP) is 2.47. The van der Waals surface area contributed by atoms with Crippen molar-refractivity contribution in [2.45, 2.75) is 58.6 Å². The first-order valence-corrected chi connectivity index (χ1v) is 8.82. The summed E-state index contributed by atoms with van der Waals surface area (Å²) in [5, 5.41) is 3.08. The van der Waals surface area contributed by atoms with Crippen molar-refractivity contribution in [3.63, 3.8) is 0 Å². The van der Waals surface area contributed by atoms with E-state index in [9.17, 15) is 4.79 Å². The van der Waals surface area contributed by atoms with Crippen LogP contribution in [0.3, 0.4) is 0 Å². The van der Waals surface area contributed by atoms with Gasteiger partial charge in [0.1, 0.15) is 5.54 Å². The molecular weight excluding hydrogens is 302 g/mol. The van der Waals surface area contributed by atoms with Gasteiger partial charge in [-0.3, -0.25) is 9.78 Å². The van der Waals surface area contributed by atoms with Crippen LogP contribution < -0.4 is 11.1 Å². The smallest absolute Gasteiger partial charge is 0.240 e. The van der Waals surface area contributed by atoms with Crippen LogP contribution in [0.1, 0.15) is 52.5 Å². The first-order valence-electron chi connectivity index (χ1n) is 8.82. The normalized spacial score (nSPS) is 26.7. The van der Waals surface area contributed by atoms with Crippen LogP contribution in [0.4, 0.5) is 0 Å². The van der Waals surface area contributed by atoms with E-state index in [1.165, 1.54) is 0 Å². The van der Waals surface area contributed by atoms with Crippen LogP contribution in [0.5, 0.6) is 0 Å². The molecule has 1 aliphatic carbocycles. The quantitative estimate of drug-likeness (QED) is 0.803. The van der Waals surface area contributed by atoms with E-state index in [1.807, 2.05) is 33.0 Å². The summed E-state index contributed by atoms with van der Waals surface area (Å²) < 4.78 is 5.70. The van der Waals surface area contributed by atoms with Gasteiger partial charge in [-0.15, -0.1) is 0 Å². The molecule has 1 amide bonds. The summed E-state index contributed by atoms with van der Waals surface area (Å²) in [6, 6.07) is 3.99. The van der Waals surface area contributed by atoms with Crippen LogP contribution in [0.25, 0.3) is 0 Å². The summed E-state index contributed by atoms with van der Waals surface area (Å²) in [4.78, 5) is 17.0. The minimum Gasteiger partial charge on any atom is -0.378 e. The zero-order valence-electron chi connectivity index (χ0n) is 15.5. The van der Waals surface area contributed by atoms with Crippen LogP contribution in [-0.2, 0) is 9.53 Å². The van der Waals surface area contributed by atoms with Crippen molar-refractivity contribution in [2.75, 3.05) is 13.2 Å². The van der Waals surface area contributed by atoms with Gasteiger partial charge in [0, 0.05) is 43.3 Å². The van der Waals surface area contributed by atoms with E-state index >= 15 is 0 Å². The monoisotopic (exact) mass is 333 g/mol. The van der Waals surface area contributed by atoms with Gasteiger partial charge in [-0.2, -0.15) is 0 Å². The molecule has 1 aromatic rings. The van der Waals surface area contributed by atoms with E-state index < -0.39 is 5.54 Å². The number of nitrogens with one attached hydrogen (secondary N) is 1. The molecule has 0 radical (unpaired) electrons. The van der Waals surface area contributed by atoms with Crippen LogP contribution in [-0.4, -0.2) is 35.7 Å². The summed E-state index contributed by atoms with van der Waals surface area (Å²) in [7, 11) is 0. The van der Waals surface area contributed by atoms with Gasteiger partial charge >= 0.3 is 0 Å². The van der Waals surface area contributed by atoms with Gasteiger partial charge in [0.2, 0.25) is 5.91 Å². The van der Waals surface area contributed by atoms with Gasteiger partial charge in [-0.25, -0.2) is 0 Å². The van der Waals surface area contributed by atoms with Crippen molar-refractivity contribution < 1.29 is 9.53 Å². The molecule has 1 aliphatic rings. The second-order valence-corrected chi connectivity index (χ2v) is 7.69. The lowest BCUT2D eigenvalue weighted by atomic mass is 9.54. The van der Waals surface area contributed by atoms with Gasteiger partial charge in [-0.05, 0) is 24.5 Å². The molecule has 2 rings (SSSR count). The Morgan fingerprint density at radius 2 is 2.21 bits per heavy atom. The summed E-state index contributed by atoms with van der Waals surface area (Å²) >= 11 is 0. The molecule has 1 fully saturated rings. The molecule has 3 atom stereocenters. The molecule has 5 nitrogen and oxygen atoms in total. The first kappa shape index (κ1) is 18.9. The van der Waals surface area contributed by atoms with E-state index in [0.717, 1.165) is 5.56 Å². The molecule has 1 aromatic heterocycles. The lowest BCUT2D eigenvalue weighted by Gasteiger charge is -2.57. The molecule has 134 valence electrons. The molecule has 3 unspecified atom stereocenters. The van der Waals surface area contributed by atoms with Crippen molar-refractivity contribution in [1.82, 2.24) is 10.3 Å². The van der Waals surface area contributed by atoms with E-state index in [0.29, 0.717) is 25.5 Å². The minimum absolute atomic E-state index is 0.0393. The molecule has 0 saturated heterocycles. The fourth-order valence-corrected chi connectivity index (χ4v) is 3.51. The van der Waals surface area contributed by atoms with E-state index in [-0.39, 0.29) is 23.3 Å². The van der Waals surface area contributed by atoms with Gasteiger partial charge in [0.05, 0.1) is 6.10 Å². The molecule has 5 heteroatoms. The number of carbonyl (C=O) groups is 1. The fourth-order valence-electron chi connectivity index (χ4n) is 3.51. The van der Waals surface area contributed by atoms with Crippen molar-refractivity contribution >= 4 is 5.91 Å². The number of rotatable bonds is 7. The topological polar surface area (TPSA) is 77.2 Å². The highest BCUT2D eigenvalue weighted by molar-refractivity contribution is 5.88. The highest BCUT2D eigenvalue weighted by Crippen LogP contribution is 2.49. The summed E-state index contributed by atoms with van der Waals surface area (Å²) in [5.41, 5.74) is 6.34. The Labute approximate surface area is 145 Å². The lowest BCUT2D eigenvalue weighted by molar-refractivity contribution is -0.170. The lowest BCUT2D eigenvalue weighted by Crippen LogP contribution is -2.75. The van der Waals surface area contributed by atoms with E-state index in [4.69, 9.17) is 10.5 Å². The van der Waals surface area contributed by atoms with Gasteiger partial charge in [-0.1, -0.05) is 33.8 Å². The third-order valence-corrected chi connectivity index (χ3v) is 5.63. The Balaban J connectivity index is 2.02. The summed E-state index contributed by atoms with van der Waals surface area (Å²) in [5.74, 6) is 0.531. The molecule has 1 saturated carbocycles. The predicted molar refractivity (Wildman–Crippen MR) is 95.6 cm³/mol. The zero-order valence-corrected chi connectivity index (χ0v) is 15.5. The molecule has 0 aromatic carbocycles. The SMILES string of the molecule is CCOC1CC(N)(C(=O)NCC(c2cccnc2)C(C)C)C1(C)C. The minimum atomic E-state index is -0.872. The van der Waals surface area contributed by atoms with Gasteiger partial charge < -0.3 is 15.8 Å². The van der Waals surface area contributed by atoms with Gasteiger partial charge in [0.25, 0.3) is 0 Å². The number of hydrogen-bond acceptors (Lipinski definition) is 4. The molecule has 0 aliphatic heterocycles. The fraction of sp³-hybridized carbons (Fsp3) is 0.684. The number of aromatic nitrogens is 1. The first-order chi connectivity index (χ1) is 11.2. The second-order valence-electron chi connectivity index (χ2n) is 7.69. The maximum atomic E-state index is 12.8. The largest absolute Gasteiger partial charge is 0.378 e. The number of hydrogen-bond donors (Lipinski definition) is 2. The van der Waals surface area contributed by atoms with Gasteiger partial charge in [0.15, 0.2) is 0 Å². The van der Waals surface area contributed by atoms with Crippen molar-refractivity contribution in [3.8, 4) is 0 Å². The van der Waals surface area contributed by atoms with Crippen molar-refractivity contribution in [1.29, 1.82) is 0 Å². The average Bonchev–Trinajstić information content (AvgIpc) is 2.55. The highest BCUT2D eigenvalue weighted by atomic mass is 16.5. The molecular formula is C19H31N3O2. The zero-order chi connectivity index (χ0) is 18.0. The number of amides is 1. The number of nitrogens with zero attached hydrogens (tertiary/aromatic N) is 1. The third-order valence-electron chi connectivity index (χ3n) is 5.63. The molecule has 0 bridgehead atoms. The molecule has 24 heavy (non-hydrogen) atoms. The number of carbonyl (C=O) groups excluding carboxylic acids is 1. The maximum absolute atomic E-state index is 12.8. The molecule has 3 N–H and O–H groups in total. The van der Waals surface area contributed by atoms with Crippen LogP contribution in [0, 0.1) is 11.3 Å². The number of ether oxygens (including phenoxy) is 1. The second kappa shape index (κ2) is 7.19. The Hall–Kier alpha value is -1.46.